The highest BCUT2D eigenvalue weighted by Gasteiger charge is 2.14. The van der Waals surface area contributed by atoms with Gasteiger partial charge in [-0.25, -0.2) is 9.78 Å². The second kappa shape index (κ2) is 7.58. The van der Waals surface area contributed by atoms with E-state index in [9.17, 15) is 13.6 Å². The van der Waals surface area contributed by atoms with Crippen LogP contribution in [0.25, 0.3) is 0 Å². The van der Waals surface area contributed by atoms with Crippen LogP contribution in [0.5, 0.6) is 23.1 Å². The summed E-state index contributed by atoms with van der Waals surface area (Å²) in [7, 11) is 0. The van der Waals surface area contributed by atoms with Crippen LogP contribution < -0.4 is 14.2 Å². The lowest BCUT2D eigenvalue weighted by Crippen LogP contribution is -2.23. The third-order valence-electron chi connectivity index (χ3n) is 2.95. The number of halogens is 2. The maximum atomic E-state index is 12.1. The Labute approximate surface area is 136 Å². The van der Waals surface area contributed by atoms with Gasteiger partial charge in [-0.3, -0.25) is 0 Å². The molecule has 0 aliphatic heterocycles. The van der Waals surface area contributed by atoms with Crippen molar-refractivity contribution in [1.82, 2.24) is 4.98 Å². The van der Waals surface area contributed by atoms with Crippen LogP contribution >= 0.6 is 0 Å². The molecule has 2 aromatic rings. The predicted molar refractivity (Wildman–Crippen MR) is 79.8 cm³/mol. The SMILES string of the molecule is Cc1cc(Oc2ccc(OC(F)F)cn2)ccc1OC(C)C(=O)O. The van der Waals surface area contributed by atoms with Gasteiger partial charge in [-0.2, -0.15) is 8.78 Å². The number of hydrogen-bond donors (Lipinski definition) is 1. The van der Waals surface area contributed by atoms with Gasteiger partial charge in [0.05, 0.1) is 6.20 Å². The van der Waals surface area contributed by atoms with E-state index in [4.69, 9.17) is 14.6 Å². The average Bonchev–Trinajstić information content (AvgIpc) is 2.51. The molecule has 0 fully saturated rings. The molecule has 0 amide bonds. The van der Waals surface area contributed by atoms with E-state index in [2.05, 4.69) is 9.72 Å². The summed E-state index contributed by atoms with van der Waals surface area (Å²) < 4.78 is 39.1. The number of rotatable bonds is 7. The van der Waals surface area contributed by atoms with Gasteiger partial charge in [0.2, 0.25) is 5.88 Å². The fourth-order valence-corrected chi connectivity index (χ4v) is 1.78. The van der Waals surface area contributed by atoms with Crippen molar-refractivity contribution >= 4 is 5.97 Å². The first kappa shape index (κ1) is 17.5. The summed E-state index contributed by atoms with van der Waals surface area (Å²) in [5.41, 5.74) is 0.679. The molecular weight excluding hydrogens is 324 g/mol. The number of carbonyl (C=O) groups is 1. The van der Waals surface area contributed by atoms with Crippen LogP contribution in [0.1, 0.15) is 12.5 Å². The molecule has 1 aromatic heterocycles. The van der Waals surface area contributed by atoms with Gasteiger partial charge in [0.25, 0.3) is 0 Å². The Kier molecular flexibility index (Phi) is 5.51. The van der Waals surface area contributed by atoms with Crippen LogP contribution in [0, 0.1) is 6.92 Å². The predicted octanol–water partition coefficient (Wildman–Crippen LogP) is 3.64. The molecule has 1 N–H and O–H groups in total. The van der Waals surface area contributed by atoms with E-state index in [-0.39, 0.29) is 11.6 Å². The summed E-state index contributed by atoms with van der Waals surface area (Å²) in [6.45, 7) is 0.255. The largest absolute Gasteiger partial charge is 0.479 e. The number of nitrogens with zero attached hydrogens (tertiary/aromatic N) is 1. The van der Waals surface area contributed by atoms with Crippen molar-refractivity contribution in [2.75, 3.05) is 0 Å². The molecule has 0 aliphatic carbocycles. The molecule has 1 heterocycles. The summed E-state index contributed by atoms with van der Waals surface area (Å²) in [5, 5.41) is 8.85. The third kappa shape index (κ3) is 4.80. The minimum absolute atomic E-state index is 0.0695. The molecule has 1 aromatic carbocycles. The highest BCUT2D eigenvalue weighted by molar-refractivity contribution is 5.72. The first-order valence-electron chi connectivity index (χ1n) is 6.94. The van der Waals surface area contributed by atoms with Crippen LogP contribution in [0.4, 0.5) is 8.78 Å². The first-order valence-corrected chi connectivity index (χ1v) is 6.94. The van der Waals surface area contributed by atoms with Gasteiger partial charge in [0, 0.05) is 6.07 Å². The summed E-state index contributed by atoms with van der Waals surface area (Å²) in [6.07, 6.45) is 0.153. The maximum Gasteiger partial charge on any atom is 0.387 e. The van der Waals surface area contributed by atoms with Gasteiger partial charge < -0.3 is 19.3 Å². The Morgan fingerprint density at radius 2 is 1.88 bits per heavy atom. The molecule has 0 aliphatic rings. The van der Waals surface area contributed by atoms with Crippen molar-refractivity contribution in [2.24, 2.45) is 0 Å². The number of pyridine rings is 1. The van der Waals surface area contributed by atoms with Crippen molar-refractivity contribution < 1.29 is 32.9 Å². The lowest BCUT2D eigenvalue weighted by atomic mass is 10.2. The van der Waals surface area contributed by atoms with Crippen molar-refractivity contribution in [1.29, 1.82) is 0 Å². The van der Waals surface area contributed by atoms with Gasteiger partial charge >= 0.3 is 12.6 Å². The minimum Gasteiger partial charge on any atom is -0.479 e. The van der Waals surface area contributed by atoms with Crippen LogP contribution in [0.15, 0.2) is 36.5 Å². The Morgan fingerprint density at radius 3 is 2.42 bits per heavy atom. The molecule has 1 atom stereocenters. The number of hydrogen-bond acceptors (Lipinski definition) is 5. The molecule has 0 spiro atoms. The summed E-state index contributed by atoms with van der Waals surface area (Å²) in [5.74, 6) is -0.0719. The highest BCUT2D eigenvalue weighted by atomic mass is 19.3. The third-order valence-corrected chi connectivity index (χ3v) is 2.95. The van der Waals surface area contributed by atoms with Crippen LogP contribution in [0.3, 0.4) is 0 Å². The summed E-state index contributed by atoms with van der Waals surface area (Å²) in [4.78, 5) is 14.7. The van der Waals surface area contributed by atoms with Gasteiger partial charge in [-0.05, 0) is 43.7 Å². The molecule has 8 heteroatoms. The van der Waals surface area contributed by atoms with E-state index >= 15 is 0 Å². The second-order valence-corrected chi connectivity index (χ2v) is 4.84. The normalized spacial score (nSPS) is 11.9. The number of carboxylic acids is 1. The number of aliphatic carboxylic acids is 1. The van der Waals surface area contributed by atoms with E-state index < -0.39 is 18.7 Å². The molecule has 2 rings (SSSR count). The zero-order valence-electron chi connectivity index (χ0n) is 12.9. The van der Waals surface area contributed by atoms with Crippen molar-refractivity contribution in [3.05, 3.63) is 42.1 Å². The molecule has 128 valence electrons. The zero-order valence-corrected chi connectivity index (χ0v) is 12.9. The van der Waals surface area contributed by atoms with Crippen LogP contribution in [-0.4, -0.2) is 28.8 Å². The Morgan fingerprint density at radius 1 is 1.17 bits per heavy atom. The first-order chi connectivity index (χ1) is 11.3. The fourth-order valence-electron chi connectivity index (χ4n) is 1.78. The molecule has 0 radical (unpaired) electrons. The Balaban J connectivity index is 2.05. The molecule has 0 saturated carbocycles. The second-order valence-electron chi connectivity index (χ2n) is 4.84. The van der Waals surface area contributed by atoms with Crippen LogP contribution in [0.2, 0.25) is 0 Å². The minimum atomic E-state index is -2.91. The molecule has 24 heavy (non-hydrogen) atoms. The smallest absolute Gasteiger partial charge is 0.387 e. The number of ether oxygens (including phenoxy) is 3. The molecule has 0 bridgehead atoms. The van der Waals surface area contributed by atoms with Gasteiger partial charge in [-0.15, -0.1) is 0 Å². The molecule has 0 saturated heterocycles. The average molecular weight is 339 g/mol. The lowest BCUT2D eigenvalue weighted by Gasteiger charge is -2.14. The monoisotopic (exact) mass is 339 g/mol. The van der Waals surface area contributed by atoms with Crippen molar-refractivity contribution in [2.45, 2.75) is 26.6 Å². The number of aryl methyl sites for hydroxylation is 1. The van der Waals surface area contributed by atoms with E-state index in [1.807, 2.05) is 0 Å². The van der Waals surface area contributed by atoms with E-state index in [0.29, 0.717) is 17.1 Å². The zero-order chi connectivity index (χ0) is 17.7. The number of benzene rings is 1. The van der Waals surface area contributed by atoms with E-state index in [1.54, 1.807) is 25.1 Å². The lowest BCUT2D eigenvalue weighted by molar-refractivity contribution is -0.144. The summed E-state index contributed by atoms with van der Waals surface area (Å²) in [6, 6.07) is 7.52. The van der Waals surface area contributed by atoms with Crippen molar-refractivity contribution in [3.8, 4) is 23.1 Å². The van der Waals surface area contributed by atoms with Gasteiger partial charge in [0.15, 0.2) is 6.10 Å². The van der Waals surface area contributed by atoms with E-state index in [1.165, 1.54) is 19.1 Å². The Bertz CT molecular complexity index is 706. The Hall–Kier alpha value is -2.90. The van der Waals surface area contributed by atoms with E-state index in [0.717, 1.165) is 6.20 Å². The number of alkyl halides is 2. The number of aromatic nitrogens is 1. The fraction of sp³-hybridized carbons (Fsp3) is 0.250. The molecule has 6 nitrogen and oxygen atoms in total. The maximum absolute atomic E-state index is 12.1. The molecular formula is C16H15F2NO5. The van der Waals surface area contributed by atoms with Crippen molar-refractivity contribution in [3.63, 3.8) is 0 Å². The summed E-state index contributed by atoms with van der Waals surface area (Å²) >= 11 is 0. The van der Waals surface area contributed by atoms with Gasteiger partial charge in [-0.1, -0.05) is 0 Å². The topological polar surface area (TPSA) is 77.9 Å². The quantitative estimate of drug-likeness (QED) is 0.830. The number of carboxylic acid groups (broad SMARTS) is 1. The van der Waals surface area contributed by atoms with Crippen LogP contribution in [-0.2, 0) is 4.79 Å². The molecule has 1 unspecified atom stereocenters. The highest BCUT2D eigenvalue weighted by Crippen LogP contribution is 2.28. The van der Waals surface area contributed by atoms with Gasteiger partial charge in [0.1, 0.15) is 17.2 Å². The standard InChI is InChI=1S/C16H15F2NO5/c1-9-7-11(3-5-13(9)22-10(2)15(20)21)23-14-6-4-12(8-19-14)24-16(17)18/h3-8,10,16H,1-2H3,(H,20,21).